The summed E-state index contributed by atoms with van der Waals surface area (Å²) < 4.78 is 29.1. The fraction of sp³-hybridized carbons (Fsp3) is 0.700. The third kappa shape index (κ3) is 2.07. The molecule has 2 rings (SSSR count). The second-order valence-electron chi connectivity index (χ2n) is 4.22. The Balaban J connectivity index is 2.28. The highest BCUT2D eigenvalue weighted by atomic mass is 32.2. The van der Waals surface area contributed by atoms with Gasteiger partial charge in [-0.25, -0.2) is 0 Å². The zero-order valence-corrected chi connectivity index (χ0v) is 10.00. The number of hydrogen-bond acceptors (Lipinski definition) is 4. The molecule has 1 heterocycles. The van der Waals surface area contributed by atoms with Crippen LogP contribution in [0.1, 0.15) is 39.0 Å². The molecule has 1 aliphatic carbocycles. The van der Waals surface area contributed by atoms with Crippen LogP contribution in [0.4, 0.5) is 0 Å². The van der Waals surface area contributed by atoms with E-state index in [2.05, 4.69) is 0 Å². The van der Waals surface area contributed by atoms with Crippen molar-refractivity contribution in [2.75, 3.05) is 0 Å². The van der Waals surface area contributed by atoms with Crippen molar-refractivity contribution in [3.05, 3.63) is 11.8 Å². The normalized spacial score (nSPS) is 26.2. The van der Waals surface area contributed by atoms with E-state index < -0.39 is 16.2 Å². The Hall–Kier alpha value is -1.04. The maximum atomic E-state index is 11.7. The third-order valence-electron chi connectivity index (χ3n) is 2.93. The van der Waals surface area contributed by atoms with Crippen LogP contribution in [0.25, 0.3) is 0 Å². The molecule has 5 nitrogen and oxygen atoms in total. The molecule has 0 aromatic heterocycles. The molecular weight excluding hydrogens is 230 g/mol. The second-order valence-corrected chi connectivity index (χ2v) is 5.64. The second kappa shape index (κ2) is 4.08. The lowest BCUT2D eigenvalue weighted by Crippen LogP contribution is -2.47. The Morgan fingerprint density at radius 1 is 1.31 bits per heavy atom. The van der Waals surface area contributed by atoms with Crippen LogP contribution in [0.15, 0.2) is 11.8 Å². The monoisotopic (exact) mass is 245 g/mol. The molecule has 1 saturated carbocycles. The minimum absolute atomic E-state index is 0.136. The van der Waals surface area contributed by atoms with Crippen LogP contribution in [0.5, 0.6) is 0 Å². The number of amides is 1. The van der Waals surface area contributed by atoms with Gasteiger partial charge < -0.3 is 4.18 Å². The largest absolute Gasteiger partial charge is 0.412 e. The van der Waals surface area contributed by atoms with Gasteiger partial charge in [0, 0.05) is 6.08 Å². The molecule has 0 aromatic rings. The maximum Gasteiger partial charge on any atom is 0.412 e. The highest BCUT2D eigenvalue weighted by molar-refractivity contribution is 7.85. The first-order valence-corrected chi connectivity index (χ1v) is 6.83. The van der Waals surface area contributed by atoms with Gasteiger partial charge in [-0.05, 0) is 19.8 Å². The van der Waals surface area contributed by atoms with Gasteiger partial charge in [-0.15, -0.1) is 0 Å². The molecule has 0 N–H and O–H groups in total. The van der Waals surface area contributed by atoms with Gasteiger partial charge in [0.2, 0.25) is 0 Å². The first-order valence-electron chi connectivity index (χ1n) is 5.47. The predicted octanol–water partition coefficient (Wildman–Crippen LogP) is 1.33. The smallest absolute Gasteiger partial charge is 0.371 e. The highest BCUT2D eigenvalue weighted by Gasteiger charge is 2.38. The maximum absolute atomic E-state index is 11.7. The molecule has 90 valence electrons. The first-order chi connectivity index (χ1) is 7.50. The molecular formula is C10H15NO4S. The van der Waals surface area contributed by atoms with Crippen molar-refractivity contribution in [2.24, 2.45) is 0 Å². The molecule has 0 atom stereocenters. The van der Waals surface area contributed by atoms with Crippen molar-refractivity contribution in [3.8, 4) is 0 Å². The molecule has 2 aliphatic rings. The van der Waals surface area contributed by atoms with Crippen LogP contribution >= 0.6 is 0 Å². The summed E-state index contributed by atoms with van der Waals surface area (Å²) in [6, 6.07) is -0.226. The van der Waals surface area contributed by atoms with Gasteiger partial charge in [-0.3, -0.25) is 4.79 Å². The van der Waals surface area contributed by atoms with E-state index in [0.717, 1.165) is 36.4 Å². The van der Waals surface area contributed by atoms with E-state index in [9.17, 15) is 13.2 Å². The summed E-state index contributed by atoms with van der Waals surface area (Å²) in [6.07, 6.45) is 5.74. The number of carbonyl (C=O) groups is 1. The van der Waals surface area contributed by atoms with Gasteiger partial charge in [-0.1, -0.05) is 19.3 Å². The predicted molar refractivity (Wildman–Crippen MR) is 57.5 cm³/mol. The van der Waals surface area contributed by atoms with Crippen molar-refractivity contribution < 1.29 is 17.4 Å². The average molecular weight is 245 g/mol. The Morgan fingerprint density at radius 2 is 1.94 bits per heavy atom. The van der Waals surface area contributed by atoms with Crippen LogP contribution in [0.3, 0.4) is 0 Å². The third-order valence-corrected chi connectivity index (χ3v) is 4.36. The van der Waals surface area contributed by atoms with Crippen molar-refractivity contribution in [1.29, 1.82) is 0 Å². The SMILES string of the molecule is CC1=CC(=O)N(C2CCCCC2)S(=O)(=O)O1. The van der Waals surface area contributed by atoms with Crippen LogP contribution in [0.2, 0.25) is 0 Å². The average Bonchev–Trinajstić information content (AvgIpc) is 2.15. The molecule has 0 saturated heterocycles. The molecule has 0 spiro atoms. The van der Waals surface area contributed by atoms with Crippen LogP contribution in [-0.2, 0) is 19.3 Å². The van der Waals surface area contributed by atoms with Gasteiger partial charge in [0.15, 0.2) is 0 Å². The van der Waals surface area contributed by atoms with E-state index in [1.54, 1.807) is 0 Å². The molecule has 0 bridgehead atoms. The lowest BCUT2D eigenvalue weighted by molar-refractivity contribution is -0.124. The molecule has 0 unspecified atom stereocenters. The first kappa shape index (κ1) is 11.4. The molecule has 1 fully saturated rings. The summed E-state index contributed by atoms with van der Waals surface area (Å²) in [4.78, 5) is 11.7. The van der Waals surface area contributed by atoms with Gasteiger partial charge in [0.1, 0.15) is 5.76 Å². The summed E-state index contributed by atoms with van der Waals surface area (Å²) in [5, 5.41) is 0. The topological polar surface area (TPSA) is 63.7 Å². The number of carbonyl (C=O) groups excluding carboxylic acids is 1. The Morgan fingerprint density at radius 3 is 2.50 bits per heavy atom. The van der Waals surface area contributed by atoms with Gasteiger partial charge in [0.05, 0.1) is 6.04 Å². The fourth-order valence-corrected chi connectivity index (χ4v) is 3.57. The minimum Gasteiger partial charge on any atom is -0.371 e. The zero-order valence-electron chi connectivity index (χ0n) is 9.18. The Bertz CT molecular complexity index is 420. The van der Waals surface area contributed by atoms with Crippen LogP contribution < -0.4 is 0 Å². The van der Waals surface area contributed by atoms with Crippen molar-refractivity contribution in [3.63, 3.8) is 0 Å². The van der Waals surface area contributed by atoms with Crippen molar-refractivity contribution in [1.82, 2.24) is 4.31 Å². The van der Waals surface area contributed by atoms with Gasteiger partial charge in [0.25, 0.3) is 5.91 Å². The van der Waals surface area contributed by atoms with Gasteiger partial charge >= 0.3 is 10.3 Å². The summed E-state index contributed by atoms with van der Waals surface area (Å²) in [5.41, 5.74) is 0. The quantitative estimate of drug-likeness (QED) is 0.699. The van der Waals surface area contributed by atoms with E-state index >= 15 is 0 Å². The van der Waals surface area contributed by atoms with Crippen molar-refractivity contribution in [2.45, 2.75) is 45.1 Å². The molecule has 6 heteroatoms. The molecule has 16 heavy (non-hydrogen) atoms. The van der Waals surface area contributed by atoms with E-state index in [4.69, 9.17) is 4.18 Å². The Kier molecular flexibility index (Phi) is 2.92. The van der Waals surface area contributed by atoms with Gasteiger partial charge in [-0.2, -0.15) is 12.7 Å². The molecule has 1 aliphatic heterocycles. The van der Waals surface area contributed by atoms with E-state index in [-0.39, 0.29) is 11.8 Å². The molecule has 0 radical (unpaired) electrons. The summed E-state index contributed by atoms with van der Waals surface area (Å²) in [7, 11) is -3.91. The zero-order chi connectivity index (χ0) is 11.8. The lowest BCUT2D eigenvalue weighted by Gasteiger charge is -2.33. The highest BCUT2D eigenvalue weighted by Crippen LogP contribution is 2.28. The summed E-state index contributed by atoms with van der Waals surface area (Å²) in [5.74, 6) is -0.340. The number of allylic oxidation sites excluding steroid dienone is 1. The molecule has 0 aromatic carbocycles. The van der Waals surface area contributed by atoms with Crippen LogP contribution in [0, 0.1) is 0 Å². The minimum atomic E-state index is -3.91. The summed E-state index contributed by atoms with van der Waals surface area (Å²) >= 11 is 0. The fourth-order valence-electron chi connectivity index (χ4n) is 2.26. The molecule has 1 amide bonds. The Labute approximate surface area is 95.3 Å². The number of hydrogen-bond donors (Lipinski definition) is 0. The van der Waals surface area contributed by atoms with Crippen molar-refractivity contribution >= 4 is 16.2 Å². The lowest BCUT2D eigenvalue weighted by atomic mass is 9.95. The summed E-state index contributed by atoms with van der Waals surface area (Å²) in [6.45, 7) is 1.47. The number of rotatable bonds is 1. The van der Waals surface area contributed by atoms with E-state index in [1.807, 2.05) is 0 Å². The van der Waals surface area contributed by atoms with E-state index in [0.29, 0.717) is 0 Å². The standard InChI is InChI=1S/C10H15NO4S/c1-8-7-10(12)11(16(13,14)15-8)9-5-3-2-4-6-9/h7,9H,2-6H2,1H3. The van der Waals surface area contributed by atoms with E-state index in [1.165, 1.54) is 13.0 Å². The number of nitrogens with zero attached hydrogens (tertiary/aromatic N) is 1. The van der Waals surface area contributed by atoms with Crippen LogP contribution in [-0.4, -0.2) is 24.7 Å².